The summed E-state index contributed by atoms with van der Waals surface area (Å²) in [7, 11) is -4.84. The van der Waals surface area contributed by atoms with Gasteiger partial charge in [-0.25, -0.2) is 4.18 Å². The fourth-order valence-electron chi connectivity index (χ4n) is 14.3. The molecule has 32 unspecified atom stereocenters. The Balaban J connectivity index is 0.976. The molecule has 442 valence electrons. The van der Waals surface area contributed by atoms with Crippen LogP contribution in [0.4, 0.5) is 0 Å². The van der Waals surface area contributed by atoms with E-state index < -0.39 is 188 Å². The maximum Gasteiger partial charge on any atom is 0.397 e. The van der Waals surface area contributed by atoms with Gasteiger partial charge < -0.3 is 104 Å². The van der Waals surface area contributed by atoms with E-state index in [1.165, 1.54) is 33.3 Å². The van der Waals surface area contributed by atoms with Crippen LogP contribution in [0.3, 0.4) is 0 Å². The molecule has 77 heavy (non-hydrogen) atoms. The van der Waals surface area contributed by atoms with Crippen molar-refractivity contribution in [2.75, 3.05) is 6.61 Å². The number of carbonyl (C=O) groups is 1. The second-order valence-corrected chi connectivity index (χ2v) is 24.6. The second-order valence-electron chi connectivity index (χ2n) is 23.6. The molecule has 12 N–H and O–H groups in total. The largest absolute Gasteiger partial charge is 0.397 e. The molecule has 0 spiro atoms. The Morgan fingerprint density at radius 1 is 0.558 bits per heavy atom. The fourth-order valence-corrected chi connectivity index (χ4v) is 14.8. The minimum Gasteiger partial charge on any atom is -0.388 e. The van der Waals surface area contributed by atoms with Crippen LogP contribution < -0.4 is 0 Å². The summed E-state index contributed by atoms with van der Waals surface area (Å²) in [6, 6.07) is 0. The maximum atomic E-state index is 13.0. The van der Waals surface area contributed by atoms with E-state index in [2.05, 4.69) is 19.9 Å². The number of aliphatic hydroxyl groups excluding tert-OH is 11. The zero-order valence-electron chi connectivity index (χ0n) is 44.0. The van der Waals surface area contributed by atoms with E-state index in [9.17, 15) is 73.9 Å². The Labute approximate surface area is 446 Å². The molecule has 0 radical (unpaired) electrons. The molecule has 0 amide bonds. The molecule has 5 saturated heterocycles. The first kappa shape index (κ1) is 60.0. The third kappa shape index (κ3) is 11.4. The van der Waals surface area contributed by atoms with Crippen molar-refractivity contribution in [2.45, 2.75) is 253 Å². The third-order valence-electron chi connectivity index (χ3n) is 18.8. The number of ketones is 1. The number of hydrogen-bond acceptors (Lipinski definition) is 25. The van der Waals surface area contributed by atoms with Crippen LogP contribution in [0.2, 0.25) is 0 Å². The molecular formula is C50H80O26S. The highest BCUT2D eigenvalue weighted by atomic mass is 32.3. The average Bonchev–Trinajstić information content (AvgIpc) is 3.99. The maximum absolute atomic E-state index is 13.0. The van der Waals surface area contributed by atoms with Gasteiger partial charge in [0.25, 0.3) is 0 Å². The number of aliphatic hydroxyl groups is 11. The van der Waals surface area contributed by atoms with Crippen molar-refractivity contribution in [1.29, 1.82) is 0 Å². The highest BCUT2D eigenvalue weighted by molar-refractivity contribution is 7.80. The molecule has 0 bridgehead atoms. The summed E-state index contributed by atoms with van der Waals surface area (Å²) in [5.41, 5.74) is 0.279. The van der Waals surface area contributed by atoms with Crippen LogP contribution in [0.15, 0.2) is 11.6 Å². The first-order valence-electron chi connectivity index (χ1n) is 26.9. The molecular weight excluding hydrogens is 1050 g/mol. The van der Waals surface area contributed by atoms with Gasteiger partial charge in [-0.2, -0.15) is 8.42 Å². The van der Waals surface area contributed by atoms with Crippen LogP contribution in [-0.4, -0.2) is 241 Å². The lowest BCUT2D eigenvalue weighted by molar-refractivity contribution is -0.397. The third-order valence-corrected chi connectivity index (χ3v) is 19.3. The molecule has 5 aliphatic heterocycles. The highest BCUT2D eigenvalue weighted by Gasteiger charge is 2.62. The van der Waals surface area contributed by atoms with Gasteiger partial charge in [0.15, 0.2) is 31.5 Å². The lowest BCUT2D eigenvalue weighted by Crippen LogP contribution is -2.66. The predicted molar refractivity (Wildman–Crippen MR) is 255 cm³/mol. The standard InChI is InChI=1S/C50H80O26S/c1-17(51)24-8-9-25-23-15-28(27-14-22(76-77(63,64)65)10-12-50(27,7)26(23)11-13-49(24,25)6)71-46-40(62)41(33(55)21(5)69-46)73-47-42(74-44-38(60)35(57)30(52)18(2)67-44)34(56)29(16-66-47)72-48-43(37(59)32(54)20(4)70-48)75-45-39(61)36(58)31(53)19(3)68-45/h11,18-25,27-48,52-62H,8-10,12-16H2,1-7H3,(H,63,64,65). The first-order chi connectivity index (χ1) is 36.0. The summed E-state index contributed by atoms with van der Waals surface area (Å²) in [6.07, 6.45) is -34.8. The van der Waals surface area contributed by atoms with Gasteiger partial charge in [0.1, 0.15) is 97.3 Å². The van der Waals surface area contributed by atoms with E-state index in [-0.39, 0.29) is 35.4 Å². The molecule has 5 heterocycles. The van der Waals surface area contributed by atoms with Gasteiger partial charge in [-0.15, -0.1) is 0 Å². The van der Waals surface area contributed by atoms with Crippen molar-refractivity contribution >= 4 is 16.2 Å². The molecule has 3 saturated carbocycles. The van der Waals surface area contributed by atoms with Crippen LogP contribution in [0, 0.1) is 34.5 Å². The molecule has 9 rings (SSSR count). The number of carbonyl (C=O) groups excluding carboxylic acids is 1. The number of rotatable bonds is 13. The number of ether oxygens (including phenoxy) is 10. The van der Waals surface area contributed by atoms with Gasteiger partial charge in [-0.1, -0.05) is 25.5 Å². The molecule has 27 heteroatoms. The second kappa shape index (κ2) is 22.9. The fraction of sp³-hybridized carbons (Fsp3) is 0.940. The van der Waals surface area contributed by atoms with E-state index in [0.717, 1.165) is 12.8 Å². The topological polar surface area (TPSA) is 396 Å². The molecule has 4 aliphatic carbocycles. The lowest BCUT2D eigenvalue weighted by atomic mass is 9.48. The SMILES string of the molecule is CC(=O)C1CCC2C3CC(OC4OC(C)C(O)C(OC5OCC(OC6OC(C)C(O)C(O)C6OC6OC(C)C(O)C(O)C6O)C(O)C5OC5OC(C)C(O)C(O)C5O)C4O)C4CC(OS(=O)(=O)O)CCC4(C)C3=CCC12C. The predicted octanol–water partition coefficient (Wildman–Crippen LogP) is -2.82. The summed E-state index contributed by atoms with van der Waals surface area (Å²) in [5, 5.41) is 122. The van der Waals surface area contributed by atoms with Crippen LogP contribution in [-0.2, 0) is 66.7 Å². The summed E-state index contributed by atoms with van der Waals surface area (Å²) in [5.74, 6) is -0.452. The Morgan fingerprint density at radius 3 is 1.64 bits per heavy atom. The van der Waals surface area contributed by atoms with Gasteiger partial charge >= 0.3 is 10.4 Å². The van der Waals surface area contributed by atoms with E-state index in [1.54, 1.807) is 6.92 Å². The van der Waals surface area contributed by atoms with Gasteiger partial charge in [-0.05, 0) is 108 Å². The molecule has 26 nitrogen and oxygen atoms in total. The van der Waals surface area contributed by atoms with Gasteiger partial charge in [0, 0.05) is 5.92 Å². The van der Waals surface area contributed by atoms with E-state index in [4.69, 9.17) is 51.6 Å². The molecule has 0 aromatic carbocycles. The monoisotopic (exact) mass is 1130 g/mol. The van der Waals surface area contributed by atoms with Crippen LogP contribution in [0.1, 0.15) is 93.4 Å². The number of fused-ring (bicyclic) bond motifs is 5. The summed E-state index contributed by atoms with van der Waals surface area (Å²) >= 11 is 0. The van der Waals surface area contributed by atoms with Gasteiger partial charge in [-0.3, -0.25) is 9.35 Å². The Morgan fingerprint density at radius 2 is 1.06 bits per heavy atom. The van der Waals surface area contributed by atoms with Crippen LogP contribution in [0.5, 0.6) is 0 Å². The highest BCUT2D eigenvalue weighted by Crippen LogP contribution is 2.66. The minimum absolute atomic E-state index is 0.0701. The molecule has 0 aromatic rings. The summed E-state index contributed by atoms with van der Waals surface area (Å²) in [4.78, 5) is 13.0. The lowest BCUT2D eigenvalue weighted by Gasteiger charge is -2.59. The Kier molecular flexibility index (Phi) is 17.8. The summed E-state index contributed by atoms with van der Waals surface area (Å²) < 4.78 is 99.9. The first-order valence-corrected chi connectivity index (χ1v) is 28.3. The molecule has 0 aromatic heterocycles. The smallest absolute Gasteiger partial charge is 0.388 e. The molecule has 9 aliphatic rings. The quantitative estimate of drug-likeness (QED) is 0.0654. The van der Waals surface area contributed by atoms with Crippen molar-refractivity contribution in [2.24, 2.45) is 34.5 Å². The van der Waals surface area contributed by atoms with Gasteiger partial charge in [0.2, 0.25) is 0 Å². The van der Waals surface area contributed by atoms with Crippen molar-refractivity contribution < 1.29 is 125 Å². The minimum atomic E-state index is -4.84. The Bertz CT molecular complexity index is 2210. The van der Waals surface area contributed by atoms with Crippen LogP contribution in [0.25, 0.3) is 0 Å². The molecule has 8 fully saturated rings. The molecule has 32 atom stereocenters. The van der Waals surface area contributed by atoms with Crippen molar-refractivity contribution in [3.05, 3.63) is 11.6 Å². The normalized spacial score (nSPS) is 54.4. The summed E-state index contributed by atoms with van der Waals surface area (Å²) in [6.45, 7) is 11.0. The van der Waals surface area contributed by atoms with Crippen molar-refractivity contribution in [3.8, 4) is 0 Å². The van der Waals surface area contributed by atoms with Gasteiger partial charge in [0.05, 0.1) is 43.2 Å². The van der Waals surface area contributed by atoms with Crippen molar-refractivity contribution in [3.63, 3.8) is 0 Å². The van der Waals surface area contributed by atoms with E-state index in [1.807, 2.05) is 0 Å². The van der Waals surface area contributed by atoms with E-state index >= 15 is 0 Å². The van der Waals surface area contributed by atoms with E-state index in [0.29, 0.717) is 25.7 Å². The zero-order valence-corrected chi connectivity index (χ0v) is 44.9. The number of Topliss-reactive ketones (excluding diaryl/α,β-unsaturated/α-hetero) is 1. The Hall–Kier alpha value is -1.56. The zero-order chi connectivity index (χ0) is 56.1. The van der Waals surface area contributed by atoms with Crippen LogP contribution >= 0.6 is 0 Å². The van der Waals surface area contributed by atoms with Crippen molar-refractivity contribution in [1.82, 2.24) is 0 Å². The number of allylic oxidation sites excluding steroid dienone is 2. The number of hydrogen-bond donors (Lipinski definition) is 12. The average molecular weight is 1130 g/mol.